The number of hydrogen-bond acceptors (Lipinski definition) is 6. The van der Waals surface area contributed by atoms with Crippen molar-refractivity contribution in [2.45, 2.75) is 17.0 Å². The molecule has 134 valence electrons. The number of aliphatic hydroxyl groups excluding tert-OH is 1. The Morgan fingerprint density at radius 3 is 2.12 bits per heavy atom. The van der Waals surface area contributed by atoms with Crippen LogP contribution in [0.25, 0.3) is 0 Å². The van der Waals surface area contributed by atoms with Crippen LogP contribution in [0.15, 0.2) is 59.5 Å². The van der Waals surface area contributed by atoms with E-state index in [-0.39, 0.29) is 10.6 Å². The van der Waals surface area contributed by atoms with Gasteiger partial charge >= 0.3 is 0 Å². The highest BCUT2D eigenvalue weighted by atomic mass is 32.2. The molecule has 0 bridgehead atoms. The second kappa shape index (κ2) is 6.32. The summed E-state index contributed by atoms with van der Waals surface area (Å²) in [6.07, 6.45) is -1.30. The fourth-order valence-corrected chi connectivity index (χ4v) is 6.43. The molecule has 0 spiro atoms. The number of anilines is 2. The summed E-state index contributed by atoms with van der Waals surface area (Å²) in [7, 11) is -7.59. The normalized spacial score (nSPS) is 22.6. The van der Waals surface area contributed by atoms with Gasteiger partial charge in [0.2, 0.25) is 0 Å². The summed E-state index contributed by atoms with van der Waals surface area (Å²) in [4.78, 5) is 0.0170. The first-order valence-corrected chi connectivity index (χ1v) is 10.8. The van der Waals surface area contributed by atoms with Gasteiger partial charge in [-0.25, -0.2) is 16.8 Å². The molecule has 3 N–H and O–H groups in total. The molecule has 0 aliphatic carbocycles. The second-order valence-electron chi connectivity index (χ2n) is 5.92. The quantitative estimate of drug-likeness (QED) is 0.749. The number of sulfonamides is 1. The van der Waals surface area contributed by atoms with Crippen molar-refractivity contribution in [1.29, 1.82) is 0 Å². The van der Waals surface area contributed by atoms with E-state index in [1.54, 1.807) is 18.2 Å². The molecule has 2 atom stereocenters. The molecule has 25 heavy (non-hydrogen) atoms. The zero-order chi connectivity index (χ0) is 18.2. The Bertz CT molecular complexity index is 957. The third-order valence-corrected chi connectivity index (χ3v) is 7.61. The minimum absolute atomic E-state index is 0.0170. The number of hydrogen-bond donors (Lipinski definition) is 2. The molecule has 0 radical (unpaired) electrons. The molecule has 1 saturated heterocycles. The smallest absolute Gasteiger partial charge is 0.264 e. The predicted molar refractivity (Wildman–Crippen MR) is 95.4 cm³/mol. The molecular weight excluding hydrogens is 364 g/mol. The molecule has 1 heterocycles. The van der Waals surface area contributed by atoms with Gasteiger partial charge in [0, 0.05) is 5.69 Å². The lowest BCUT2D eigenvalue weighted by atomic mass is 10.2. The van der Waals surface area contributed by atoms with Gasteiger partial charge in [-0.2, -0.15) is 0 Å². The maximum Gasteiger partial charge on any atom is 0.264 e. The predicted octanol–water partition coefficient (Wildman–Crippen LogP) is 0.622. The number of benzene rings is 2. The van der Waals surface area contributed by atoms with Crippen LogP contribution in [0.2, 0.25) is 0 Å². The summed E-state index contributed by atoms with van der Waals surface area (Å²) in [6, 6.07) is 12.6. The van der Waals surface area contributed by atoms with Gasteiger partial charge in [-0.15, -0.1) is 0 Å². The van der Waals surface area contributed by atoms with Gasteiger partial charge in [0.05, 0.1) is 34.2 Å². The molecule has 2 aromatic rings. The lowest BCUT2D eigenvalue weighted by Gasteiger charge is -2.31. The monoisotopic (exact) mass is 382 g/mol. The minimum atomic E-state index is -4.07. The van der Waals surface area contributed by atoms with E-state index in [2.05, 4.69) is 0 Å². The van der Waals surface area contributed by atoms with Crippen LogP contribution >= 0.6 is 0 Å². The van der Waals surface area contributed by atoms with Crippen molar-refractivity contribution < 1.29 is 21.9 Å². The van der Waals surface area contributed by atoms with Gasteiger partial charge in [0.25, 0.3) is 10.0 Å². The van der Waals surface area contributed by atoms with Gasteiger partial charge in [-0.1, -0.05) is 18.2 Å². The van der Waals surface area contributed by atoms with Crippen LogP contribution in [0.5, 0.6) is 0 Å². The van der Waals surface area contributed by atoms with Gasteiger partial charge in [0.1, 0.15) is 0 Å². The van der Waals surface area contributed by atoms with Crippen molar-refractivity contribution in [3.63, 3.8) is 0 Å². The number of aliphatic hydroxyl groups is 1. The van der Waals surface area contributed by atoms with Crippen LogP contribution in [-0.4, -0.2) is 45.6 Å². The van der Waals surface area contributed by atoms with Crippen molar-refractivity contribution in [3.05, 3.63) is 54.6 Å². The maximum atomic E-state index is 13.2. The van der Waals surface area contributed by atoms with E-state index < -0.39 is 43.5 Å². The molecule has 7 nitrogen and oxygen atoms in total. The minimum Gasteiger partial charge on any atom is -0.399 e. The Hall–Kier alpha value is -2.10. The highest BCUT2D eigenvalue weighted by Crippen LogP contribution is 2.31. The Labute approximate surface area is 146 Å². The average molecular weight is 382 g/mol. The van der Waals surface area contributed by atoms with Crippen molar-refractivity contribution in [2.24, 2.45) is 0 Å². The lowest BCUT2D eigenvalue weighted by molar-refractivity contribution is 0.184. The number of nitrogen functional groups attached to an aromatic ring is 1. The SMILES string of the molecule is Nc1ccc(N([C@H]2CS(=O)(=O)C[C@@H]2O)S(=O)(=O)c2ccccc2)cc1. The van der Waals surface area contributed by atoms with E-state index in [0.717, 1.165) is 4.31 Å². The Kier molecular flexibility index (Phi) is 4.48. The summed E-state index contributed by atoms with van der Waals surface area (Å²) in [5, 5.41) is 10.2. The summed E-state index contributed by atoms with van der Waals surface area (Å²) in [5.74, 6) is -0.905. The largest absolute Gasteiger partial charge is 0.399 e. The van der Waals surface area contributed by atoms with Crippen molar-refractivity contribution >= 4 is 31.2 Å². The van der Waals surface area contributed by atoms with Crippen molar-refractivity contribution in [2.75, 3.05) is 21.5 Å². The molecule has 0 aromatic heterocycles. The number of nitrogens with zero attached hydrogens (tertiary/aromatic N) is 1. The fourth-order valence-electron chi connectivity index (χ4n) is 2.87. The molecule has 9 heteroatoms. The zero-order valence-electron chi connectivity index (χ0n) is 13.2. The van der Waals surface area contributed by atoms with Gasteiger partial charge in [-0.3, -0.25) is 4.31 Å². The highest BCUT2D eigenvalue weighted by molar-refractivity contribution is 7.93. The fraction of sp³-hybridized carbons (Fsp3) is 0.250. The summed E-state index contributed by atoms with van der Waals surface area (Å²) in [6.45, 7) is 0. The van der Waals surface area contributed by atoms with Crippen molar-refractivity contribution in [3.8, 4) is 0 Å². The molecule has 1 aliphatic rings. The van der Waals surface area contributed by atoms with Crippen LogP contribution in [0.1, 0.15) is 0 Å². The Morgan fingerprint density at radius 2 is 1.60 bits per heavy atom. The van der Waals surface area contributed by atoms with Crippen LogP contribution in [0, 0.1) is 0 Å². The highest BCUT2D eigenvalue weighted by Gasteiger charge is 2.44. The molecule has 0 unspecified atom stereocenters. The van der Waals surface area contributed by atoms with E-state index in [1.165, 1.54) is 36.4 Å². The third kappa shape index (κ3) is 3.48. The second-order valence-corrected chi connectivity index (χ2v) is 9.89. The van der Waals surface area contributed by atoms with Gasteiger partial charge < -0.3 is 10.8 Å². The summed E-state index contributed by atoms with van der Waals surface area (Å²) < 4.78 is 51.1. The molecule has 2 aromatic carbocycles. The lowest BCUT2D eigenvalue weighted by Crippen LogP contribution is -2.47. The number of rotatable bonds is 4. The molecule has 3 rings (SSSR count). The van der Waals surface area contributed by atoms with Crippen molar-refractivity contribution in [1.82, 2.24) is 0 Å². The van der Waals surface area contributed by atoms with E-state index >= 15 is 0 Å². The topological polar surface area (TPSA) is 118 Å². The third-order valence-electron chi connectivity index (χ3n) is 4.04. The van der Waals surface area contributed by atoms with Gasteiger partial charge in [0.15, 0.2) is 9.84 Å². The van der Waals surface area contributed by atoms with Gasteiger partial charge in [-0.05, 0) is 36.4 Å². The summed E-state index contributed by atoms with van der Waals surface area (Å²) >= 11 is 0. The van der Waals surface area contributed by atoms with E-state index in [4.69, 9.17) is 5.73 Å². The first-order valence-electron chi connectivity index (χ1n) is 7.54. The molecule has 0 saturated carbocycles. The van der Waals surface area contributed by atoms with Crippen LogP contribution in [-0.2, 0) is 19.9 Å². The summed E-state index contributed by atoms with van der Waals surface area (Å²) in [5.41, 5.74) is 6.35. The molecular formula is C16H18N2O5S2. The first-order chi connectivity index (χ1) is 11.7. The van der Waals surface area contributed by atoms with E-state index in [0.29, 0.717) is 5.69 Å². The Morgan fingerprint density at radius 1 is 1.00 bits per heavy atom. The van der Waals surface area contributed by atoms with Crippen LogP contribution < -0.4 is 10.0 Å². The number of sulfone groups is 1. The van der Waals surface area contributed by atoms with E-state index in [9.17, 15) is 21.9 Å². The van der Waals surface area contributed by atoms with Crippen LogP contribution in [0.3, 0.4) is 0 Å². The maximum absolute atomic E-state index is 13.2. The molecule has 1 aliphatic heterocycles. The average Bonchev–Trinajstić information content (AvgIpc) is 2.83. The van der Waals surface area contributed by atoms with Crippen LogP contribution in [0.4, 0.5) is 11.4 Å². The van der Waals surface area contributed by atoms with E-state index in [1.807, 2.05) is 0 Å². The standard InChI is InChI=1S/C16H18N2O5S2/c17-12-6-8-13(9-7-12)18(15-10-24(20,21)11-16(15)19)25(22,23)14-4-2-1-3-5-14/h1-9,15-16,19H,10-11,17H2/t15-,16-/m0/s1. The zero-order valence-corrected chi connectivity index (χ0v) is 14.8. The number of nitrogens with two attached hydrogens (primary N) is 1. The Balaban J connectivity index is 2.15. The molecule has 0 amide bonds. The first kappa shape index (κ1) is 17.7. The molecule has 1 fully saturated rings.